The lowest BCUT2D eigenvalue weighted by molar-refractivity contribution is 0.642. The highest BCUT2D eigenvalue weighted by molar-refractivity contribution is 8.03. The van der Waals surface area contributed by atoms with Gasteiger partial charge in [-0.2, -0.15) is 0 Å². The van der Waals surface area contributed by atoms with Crippen molar-refractivity contribution in [3.05, 3.63) is 222 Å². The van der Waals surface area contributed by atoms with Crippen LogP contribution in [0.15, 0.2) is 179 Å². The van der Waals surface area contributed by atoms with E-state index in [1.165, 1.54) is 75.4 Å². The number of hydrogen-bond donors (Lipinski definition) is 0. The van der Waals surface area contributed by atoms with Gasteiger partial charge in [0.25, 0.3) is 5.56 Å². The number of allylic oxidation sites excluding steroid dienone is 1. The van der Waals surface area contributed by atoms with Gasteiger partial charge in [-0.15, -0.1) is 11.3 Å². The van der Waals surface area contributed by atoms with E-state index in [-0.39, 0.29) is 5.56 Å². The van der Waals surface area contributed by atoms with E-state index < -0.39 is 0 Å². The standard InChI is InChI=1S/C51H42N2OS2/c1-35-15-12-13-24-48(35)55-36(2)31-50-53(41-20-10-5-11-21-41)51(54)49(56-50)34-38-27-30-47-45(33-38)43-22-14-23-46(43)52(47)42-28-25-37(26-29-42)32-44(39-16-6-3-7-17-39)40-18-8-4-9-19-40/h3-13,15-21,24-34,43,46H,2,14,22-23H2,1H3/b49-34+,50-31-. The summed E-state index contributed by atoms with van der Waals surface area (Å²) in [6, 6.07) is 55.8. The maximum absolute atomic E-state index is 14.2. The minimum Gasteiger partial charge on any atom is -0.338 e. The van der Waals surface area contributed by atoms with Crippen LogP contribution < -0.4 is 19.7 Å². The van der Waals surface area contributed by atoms with Crippen molar-refractivity contribution in [1.29, 1.82) is 0 Å². The van der Waals surface area contributed by atoms with Crippen LogP contribution >= 0.6 is 23.1 Å². The number of aromatic nitrogens is 1. The van der Waals surface area contributed by atoms with E-state index >= 15 is 0 Å². The fraction of sp³-hybridized carbons (Fsp3) is 0.118. The Morgan fingerprint density at radius 1 is 0.732 bits per heavy atom. The summed E-state index contributed by atoms with van der Waals surface area (Å²) < 4.78 is 3.39. The summed E-state index contributed by atoms with van der Waals surface area (Å²) in [5.41, 5.74) is 11.8. The predicted molar refractivity (Wildman–Crippen MR) is 239 cm³/mol. The van der Waals surface area contributed by atoms with Gasteiger partial charge in [0, 0.05) is 33.1 Å². The van der Waals surface area contributed by atoms with Crippen molar-refractivity contribution in [2.75, 3.05) is 4.90 Å². The molecule has 1 fully saturated rings. The lowest BCUT2D eigenvalue weighted by Gasteiger charge is -2.27. The number of fused-ring (bicyclic) bond motifs is 3. The van der Waals surface area contributed by atoms with Gasteiger partial charge in [-0.1, -0.05) is 140 Å². The van der Waals surface area contributed by atoms with E-state index in [2.05, 4.69) is 146 Å². The average molecular weight is 763 g/mol. The third kappa shape index (κ3) is 7.16. The van der Waals surface area contributed by atoms with Crippen molar-refractivity contribution in [3.63, 3.8) is 0 Å². The largest absolute Gasteiger partial charge is 0.338 e. The lowest BCUT2D eigenvalue weighted by atomic mass is 9.95. The number of nitrogens with zero attached hydrogens (tertiary/aromatic N) is 2. The third-order valence-electron chi connectivity index (χ3n) is 11.0. The molecule has 3 nitrogen and oxygen atoms in total. The molecule has 0 amide bonds. The molecule has 2 aliphatic rings. The van der Waals surface area contributed by atoms with E-state index in [0.717, 1.165) is 25.7 Å². The van der Waals surface area contributed by atoms with E-state index in [0.29, 0.717) is 16.5 Å². The van der Waals surface area contributed by atoms with Gasteiger partial charge in [-0.3, -0.25) is 9.36 Å². The quantitative estimate of drug-likeness (QED) is 0.108. The highest BCUT2D eigenvalue weighted by atomic mass is 32.2. The van der Waals surface area contributed by atoms with Crippen LogP contribution in [0.4, 0.5) is 11.4 Å². The number of thioether (sulfide) groups is 1. The second kappa shape index (κ2) is 15.7. The molecule has 56 heavy (non-hydrogen) atoms. The Morgan fingerprint density at radius 2 is 1.38 bits per heavy atom. The van der Waals surface area contributed by atoms with Gasteiger partial charge >= 0.3 is 0 Å². The summed E-state index contributed by atoms with van der Waals surface area (Å²) in [6.45, 7) is 6.48. The SMILES string of the molecule is C=C(/C=c1\s/c(=C/c2ccc3c(c2)C2CCCC2N3c2ccc(C=C(c3ccccc3)c3ccccc3)cc2)c(=O)n1-c1ccccc1)Sc1ccccc1C. The van der Waals surface area contributed by atoms with E-state index in [1.54, 1.807) is 11.8 Å². The molecule has 1 aliphatic heterocycles. The molecule has 1 aromatic heterocycles. The zero-order valence-electron chi connectivity index (χ0n) is 31.3. The van der Waals surface area contributed by atoms with E-state index in [1.807, 2.05) is 53.1 Å². The molecule has 274 valence electrons. The summed E-state index contributed by atoms with van der Waals surface area (Å²) in [7, 11) is 0. The number of benzene rings is 6. The average Bonchev–Trinajstić information content (AvgIpc) is 3.92. The molecule has 9 rings (SSSR count). The Kier molecular flexibility index (Phi) is 10.0. The molecule has 0 saturated heterocycles. The zero-order valence-corrected chi connectivity index (χ0v) is 33.0. The van der Waals surface area contributed by atoms with Crippen molar-refractivity contribution in [3.8, 4) is 5.69 Å². The molecule has 5 heteroatoms. The van der Waals surface area contributed by atoms with Crippen molar-refractivity contribution in [2.45, 2.75) is 43.0 Å². The van der Waals surface area contributed by atoms with Gasteiger partial charge in [0.05, 0.1) is 10.2 Å². The fourth-order valence-corrected chi connectivity index (χ4v) is 10.3. The molecule has 7 aromatic rings. The van der Waals surface area contributed by atoms with Gasteiger partial charge in [0.1, 0.15) is 4.66 Å². The molecule has 0 spiro atoms. The Balaban J connectivity index is 1.05. The van der Waals surface area contributed by atoms with Crippen molar-refractivity contribution < 1.29 is 0 Å². The number of hydrogen-bond acceptors (Lipinski definition) is 4. The fourth-order valence-electron chi connectivity index (χ4n) is 8.32. The van der Waals surface area contributed by atoms with Crippen molar-refractivity contribution >= 4 is 58.3 Å². The molecule has 0 N–H and O–H groups in total. The number of rotatable bonds is 9. The summed E-state index contributed by atoms with van der Waals surface area (Å²) in [5.74, 6) is 0.468. The van der Waals surface area contributed by atoms with Crippen molar-refractivity contribution in [2.24, 2.45) is 0 Å². The summed E-state index contributed by atoms with van der Waals surface area (Å²) >= 11 is 3.15. The maximum atomic E-state index is 14.2. The second-order valence-electron chi connectivity index (χ2n) is 14.6. The van der Waals surface area contributed by atoms with Gasteiger partial charge in [0.2, 0.25) is 0 Å². The van der Waals surface area contributed by atoms with E-state index in [4.69, 9.17) is 0 Å². The highest BCUT2D eigenvalue weighted by Crippen LogP contribution is 2.52. The van der Waals surface area contributed by atoms with Gasteiger partial charge in [0.15, 0.2) is 0 Å². The maximum Gasteiger partial charge on any atom is 0.273 e. The van der Waals surface area contributed by atoms with Crippen LogP contribution in [0.2, 0.25) is 0 Å². The van der Waals surface area contributed by atoms with Crippen LogP contribution in [0.1, 0.15) is 58.6 Å². The third-order valence-corrected chi connectivity index (χ3v) is 13.0. The lowest BCUT2D eigenvalue weighted by Crippen LogP contribution is -2.30. The summed E-state index contributed by atoms with van der Waals surface area (Å²) in [5, 5.41) is 0. The zero-order chi connectivity index (χ0) is 38.0. The molecule has 2 heterocycles. The molecular formula is C51H42N2OS2. The predicted octanol–water partition coefficient (Wildman–Crippen LogP) is 11.5. The number of aryl methyl sites for hydroxylation is 1. The van der Waals surface area contributed by atoms with Gasteiger partial charge < -0.3 is 4.90 Å². The van der Waals surface area contributed by atoms with Crippen LogP contribution in [-0.2, 0) is 0 Å². The molecule has 1 saturated carbocycles. The second-order valence-corrected chi connectivity index (χ2v) is 16.8. The Hall–Kier alpha value is -5.88. The Bertz CT molecular complexity index is 2710. The molecule has 1 aliphatic carbocycles. The monoisotopic (exact) mass is 762 g/mol. The van der Waals surface area contributed by atoms with Crippen molar-refractivity contribution in [1.82, 2.24) is 4.57 Å². The molecule has 6 aromatic carbocycles. The smallest absolute Gasteiger partial charge is 0.273 e. The Morgan fingerprint density at radius 3 is 2.07 bits per heavy atom. The first kappa shape index (κ1) is 35.8. The first-order valence-electron chi connectivity index (χ1n) is 19.3. The normalized spacial score (nSPS) is 16.5. The summed E-state index contributed by atoms with van der Waals surface area (Å²) in [6.07, 6.45) is 9.98. The molecule has 0 radical (unpaired) electrons. The van der Waals surface area contributed by atoms with Crippen LogP contribution in [0.5, 0.6) is 0 Å². The molecule has 2 atom stereocenters. The minimum absolute atomic E-state index is 0.0150. The minimum atomic E-state index is -0.0150. The molecular weight excluding hydrogens is 721 g/mol. The molecule has 2 unspecified atom stereocenters. The van der Waals surface area contributed by atoms with Crippen LogP contribution in [-0.4, -0.2) is 10.6 Å². The molecule has 0 bridgehead atoms. The van der Waals surface area contributed by atoms with Gasteiger partial charge in [-0.25, -0.2) is 0 Å². The van der Waals surface area contributed by atoms with E-state index in [9.17, 15) is 4.79 Å². The first-order valence-corrected chi connectivity index (χ1v) is 20.9. The first-order chi connectivity index (χ1) is 27.5. The van der Waals surface area contributed by atoms with Crippen LogP contribution in [0, 0.1) is 6.92 Å². The summed E-state index contributed by atoms with van der Waals surface area (Å²) in [4.78, 5) is 18.8. The van der Waals surface area contributed by atoms with Crippen LogP contribution in [0.3, 0.4) is 0 Å². The topological polar surface area (TPSA) is 25.2 Å². The number of para-hydroxylation sites is 1. The van der Waals surface area contributed by atoms with Gasteiger partial charge in [-0.05, 0) is 119 Å². The Labute approximate surface area is 336 Å². The van der Waals surface area contributed by atoms with Crippen LogP contribution in [0.25, 0.3) is 29.5 Å². The number of anilines is 2. The highest BCUT2D eigenvalue weighted by Gasteiger charge is 2.42. The number of thiazole rings is 1.